The van der Waals surface area contributed by atoms with E-state index in [2.05, 4.69) is 5.32 Å². The highest BCUT2D eigenvalue weighted by molar-refractivity contribution is 6.31. The van der Waals surface area contributed by atoms with Crippen LogP contribution in [-0.4, -0.2) is 34.4 Å². The van der Waals surface area contributed by atoms with Crippen LogP contribution in [0.25, 0.3) is 5.76 Å². The van der Waals surface area contributed by atoms with Gasteiger partial charge in [-0.1, -0.05) is 18.5 Å². The molecular weight excluding hydrogens is 310 g/mol. The molecule has 0 radical (unpaired) electrons. The summed E-state index contributed by atoms with van der Waals surface area (Å²) in [4.78, 5) is 34.9. The Labute approximate surface area is 131 Å². The van der Waals surface area contributed by atoms with E-state index in [4.69, 9.17) is 16.7 Å². The highest BCUT2D eigenvalue weighted by atomic mass is 35.5. The fraction of sp³-hybridized carbons (Fsp3) is 0.267. The average molecular weight is 324 g/mol. The number of aliphatic carboxylic acids is 1. The normalized spacial score (nSPS) is 17.2. The Morgan fingerprint density at radius 3 is 2.59 bits per heavy atom. The fourth-order valence-corrected chi connectivity index (χ4v) is 2.78. The van der Waals surface area contributed by atoms with Crippen LogP contribution in [0.3, 0.4) is 0 Å². The molecule has 1 aromatic rings. The largest absolute Gasteiger partial charge is 0.506 e. The highest BCUT2D eigenvalue weighted by Crippen LogP contribution is 2.38. The van der Waals surface area contributed by atoms with Crippen molar-refractivity contribution in [1.82, 2.24) is 5.32 Å². The van der Waals surface area contributed by atoms with E-state index in [1.165, 1.54) is 0 Å². The number of Topliss-reactive ketones (excluding diaryl/α,β-unsaturated/α-hetero) is 1. The van der Waals surface area contributed by atoms with Gasteiger partial charge in [0, 0.05) is 16.5 Å². The minimum absolute atomic E-state index is 0.386. The lowest BCUT2D eigenvalue weighted by molar-refractivity contribution is -0.137. The van der Waals surface area contributed by atoms with Gasteiger partial charge in [0.15, 0.2) is 5.78 Å². The smallest absolute Gasteiger partial charge is 0.322 e. The van der Waals surface area contributed by atoms with E-state index in [1.54, 1.807) is 26.0 Å². The maximum absolute atomic E-state index is 12.3. The van der Waals surface area contributed by atoms with Gasteiger partial charge in [-0.25, -0.2) is 0 Å². The number of aliphatic hydroxyl groups excluding tert-OH is 1. The zero-order valence-corrected chi connectivity index (χ0v) is 12.7. The lowest BCUT2D eigenvalue weighted by Crippen LogP contribution is -2.36. The third kappa shape index (κ3) is 2.69. The van der Waals surface area contributed by atoms with E-state index in [0.717, 1.165) is 0 Å². The molecule has 2 rings (SSSR count). The molecule has 0 fully saturated rings. The Morgan fingerprint density at radius 2 is 2.00 bits per heavy atom. The second-order valence-corrected chi connectivity index (χ2v) is 5.51. The summed E-state index contributed by atoms with van der Waals surface area (Å²) < 4.78 is 0. The molecule has 0 spiro atoms. The third-order valence-corrected chi connectivity index (χ3v) is 3.76. The van der Waals surface area contributed by atoms with E-state index < -0.39 is 41.5 Å². The van der Waals surface area contributed by atoms with Crippen molar-refractivity contribution in [1.29, 1.82) is 0 Å². The van der Waals surface area contributed by atoms with Gasteiger partial charge in [-0.05, 0) is 30.2 Å². The predicted molar refractivity (Wildman–Crippen MR) is 79.8 cm³/mol. The van der Waals surface area contributed by atoms with Crippen molar-refractivity contribution in [3.05, 3.63) is 39.4 Å². The van der Waals surface area contributed by atoms with Gasteiger partial charge in [0.1, 0.15) is 17.9 Å². The minimum atomic E-state index is -1.24. The minimum Gasteiger partial charge on any atom is -0.506 e. The van der Waals surface area contributed by atoms with Crippen LogP contribution in [0.4, 0.5) is 0 Å². The van der Waals surface area contributed by atoms with Crippen LogP contribution >= 0.6 is 11.6 Å². The zero-order chi connectivity index (χ0) is 16.6. The number of carbonyl (C=O) groups is 3. The molecule has 0 saturated heterocycles. The van der Waals surface area contributed by atoms with Crippen LogP contribution in [0.15, 0.2) is 17.7 Å². The molecule has 7 heteroatoms. The lowest BCUT2D eigenvalue weighted by atomic mass is 9.80. The number of aryl methyl sites for hydroxylation is 1. The third-order valence-electron chi connectivity index (χ3n) is 3.54. The second-order valence-electron chi connectivity index (χ2n) is 5.07. The molecule has 0 aromatic heterocycles. The summed E-state index contributed by atoms with van der Waals surface area (Å²) in [5, 5.41) is 21.4. The van der Waals surface area contributed by atoms with Crippen molar-refractivity contribution in [2.45, 2.75) is 19.8 Å². The number of hydrogen-bond acceptors (Lipinski definition) is 4. The molecule has 1 amide bonds. The number of hydrogen-bond donors (Lipinski definition) is 3. The van der Waals surface area contributed by atoms with Crippen molar-refractivity contribution < 1.29 is 24.6 Å². The van der Waals surface area contributed by atoms with E-state index in [0.29, 0.717) is 21.7 Å². The maximum atomic E-state index is 12.3. The van der Waals surface area contributed by atoms with Crippen LogP contribution in [-0.2, 0) is 14.4 Å². The van der Waals surface area contributed by atoms with Gasteiger partial charge in [-0.2, -0.15) is 0 Å². The quantitative estimate of drug-likeness (QED) is 0.736. The predicted octanol–water partition coefficient (Wildman–Crippen LogP) is 1.80. The number of amides is 1. The van der Waals surface area contributed by atoms with Gasteiger partial charge >= 0.3 is 5.97 Å². The van der Waals surface area contributed by atoms with Crippen LogP contribution < -0.4 is 5.32 Å². The second kappa shape index (κ2) is 5.81. The molecule has 22 heavy (non-hydrogen) atoms. The molecule has 0 heterocycles. The van der Waals surface area contributed by atoms with Gasteiger partial charge in [0.2, 0.25) is 0 Å². The van der Waals surface area contributed by atoms with Crippen LogP contribution in [0.1, 0.15) is 29.5 Å². The molecule has 0 bridgehead atoms. The highest BCUT2D eigenvalue weighted by Gasteiger charge is 2.36. The summed E-state index contributed by atoms with van der Waals surface area (Å²) >= 11 is 5.97. The molecule has 1 aliphatic carbocycles. The monoisotopic (exact) mass is 323 g/mol. The molecule has 3 N–H and O–H groups in total. The summed E-state index contributed by atoms with van der Waals surface area (Å²) in [6.45, 7) is 2.67. The number of benzene rings is 1. The molecule has 116 valence electrons. The number of rotatable bonds is 3. The van der Waals surface area contributed by atoms with Gasteiger partial charge in [-0.15, -0.1) is 0 Å². The summed E-state index contributed by atoms with van der Waals surface area (Å²) in [6, 6.07) is 3.19. The summed E-state index contributed by atoms with van der Waals surface area (Å²) in [5.74, 6) is -3.83. The van der Waals surface area contributed by atoms with Crippen LogP contribution in [0.2, 0.25) is 5.02 Å². The first-order valence-corrected chi connectivity index (χ1v) is 6.89. The van der Waals surface area contributed by atoms with Gasteiger partial charge in [0.25, 0.3) is 5.91 Å². The van der Waals surface area contributed by atoms with Crippen molar-refractivity contribution in [2.75, 3.05) is 6.54 Å². The number of fused-ring (bicyclic) bond motifs is 1. The average Bonchev–Trinajstić information content (AvgIpc) is 2.42. The van der Waals surface area contributed by atoms with Gasteiger partial charge in [0.05, 0.1) is 0 Å². The number of ketones is 1. The topological polar surface area (TPSA) is 104 Å². The van der Waals surface area contributed by atoms with Gasteiger partial charge < -0.3 is 15.5 Å². The Morgan fingerprint density at radius 1 is 1.36 bits per heavy atom. The molecule has 0 aliphatic heterocycles. The molecule has 6 nitrogen and oxygen atoms in total. The first kappa shape index (κ1) is 16.0. The Bertz CT molecular complexity index is 723. The number of carboxylic acid groups (broad SMARTS) is 1. The summed E-state index contributed by atoms with van der Waals surface area (Å²) in [5.41, 5.74) is 1.13. The number of halogens is 1. The molecule has 1 aliphatic rings. The first-order chi connectivity index (χ1) is 10.2. The molecule has 1 unspecified atom stereocenters. The summed E-state index contributed by atoms with van der Waals surface area (Å²) in [6.07, 6.45) is 0. The zero-order valence-electron chi connectivity index (χ0n) is 11.9. The van der Waals surface area contributed by atoms with Crippen LogP contribution in [0, 0.1) is 6.92 Å². The Balaban J connectivity index is 2.56. The fourth-order valence-electron chi connectivity index (χ4n) is 2.50. The molecule has 1 atom stereocenters. The SMILES string of the molecule is Cc1cc(Cl)cc2c1C(O)=C(C(=O)NCC(=O)O)C(=O)C2C. The lowest BCUT2D eigenvalue weighted by Gasteiger charge is -2.25. The standard InChI is InChI=1S/C15H14ClNO5/c1-6-3-8(16)4-9-7(2)13(20)12(14(21)11(6)9)15(22)17-5-10(18)19/h3-4,7,21H,5H2,1-2H3,(H,17,22)(H,18,19). The van der Waals surface area contributed by atoms with Gasteiger partial charge in [-0.3, -0.25) is 14.4 Å². The number of carboxylic acids is 1. The van der Waals surface area contributed by atoms with Crippen molar-refractivity contribution in [3.63, 3.8) is 0 Å². The molecular formula is C15H14ClNO5. The molecule has 0 saturated carbocycles. The van der Waals surface area contributed by atoms with Crippen molar-refractivity contribution in [2.24, 2.45) is 0 Å². The van der Waals surface area contributed by atoms with Crippen LogP contribution in [0.5, 0.6) is 0 Å². The molecule has 1 aromatic carbocycles. The van der Waals surface area contributed by atoms with E-state index in [9.17, 15) is 19.5 Å². The number of aliphatic hydroxyl groups is 1. The van der Waals surface area contributed by atoms with E-state index >= 15 is 0 Å². The maximum Gasteiger partial charge on any atom is 0.322 e. The Hall–Kier alpha value is -2.34. The summed E-state index contributed by atoms with van der Waals surface area (Å²) in [7, 11) is 0. The van der Waals surface area contributed by atoms with E-state index in [1.807, 2.05) is 0 Å². The van der Waals surface area contributed by atoms with Crippen molar-refractivity contribution in [3.8, 4) is 0 Å². The first-order valence-electron chi connectivity index (χ1n) is 6.52. The Kier molecular flexibility index (Phi) is 4.23. The van der Waals surface area contributed by atoms with Crippen molar-refractivity contribution >= 4 is 35.0 Å². The number of carbonyl (C=O) groups excluding carboxylic acids is 2. The van der Waals surface area contributed by atoms with E-state index in [-0.39, 0.29) is 0 Å². The number of nitrogens with one attached hydrogen (secondary N) is 1.